The number of urea groups is 1. The van der Waals surface area contributed by atoms with Gasteiger partial charge < -0.3 is 20.7 Å². The van der Waals surface area contributed by atoms with E-state index in [-0.39, 0.29) is 25.2 Å². The Morgan fingerprint density at radius 2 is 2.28 bits per heavy atom. The van der Waals surface area contributed by atoms with Crippen molar-refractivity contribution >= 4 is 17.1 Å². The smallest absolute Gasteiger partial charge is 0.315 e. The number of para-hydroxylation sites is 2. The molecule has 1 unspecified atom stereocenters. The molecule has 0 aliphatic heterocycles. The van der Waals surface area contributed by atoms with Crippen LogP contribution in [0, 0.1) is 0 Å². The maximum Gasteiger partial charge on any atom is 0.315 e. The van der Waals surface area contributed by atoms with Gasteiger partial charge >= 0.3 is 6.03 Å². The zero-order valence-electron chi connectivity index (χ0n) is 10.1. The number of H-pyrrole nitrogens is 1. The van der Waals surface area contributed by atoms with Crippen molar-refractivity contribution < 1.29 is 9.90 Å². The first-order chi connectivity index (χ1) is 8.70. The molecule has 1 heterocycles. The SMILES string of the molecule is CC(NC(=O)NCCO)c1nc2ccccc2[nH]1. The van der Waals surface area contributed by atoms with E-state index in [9.17, 15) is 4.79 Å². The predicted molar refractivity (Wildman–Crippen MR) is 68.1 cm³/mol. The normalized spacial score (nSPS) is 12.3. The molecule has 1 aromatic carbocycles. The fourth-order valence-corrected chi connectivity index (χ4v) is 1.66. The molecule has 18 heavy (non-hydrogen) atoms. The Morgan fingerprint density at radius 1 is 1.50 bits per heavy atom. The third-order valence-corrected chi connectivity index (χ3v) is 2.56. The van der Waals surface area contributed by atoms with E-state index < -0.39 is 0 Å². The van der Waals surface area contributed by atoms with Crippen LogP contribution < -0.4 is 10.6 Å². The van der Waals surface area contributed by atoms with E-state index in [0.717, 1.165) is 11.0 Å². The van der Waals surface area contributed by atoms with Crippen LogP contribution in [0.4, 0.5) is 4.79 Å². The van der Waals surface area contributed by atoms with E-state index in [1.807, 2.05) is 31.2 Å². The highest BCUT2D eigenvalue weighted by Gasteiger charge is 2.12. The number of nitrogens with zero attached hydrogens (tertiary/aromatic N) is 1. The zero-order valence-corrected chi connectivity index (χ0v) is 10.1. The number of amides is 2. The summed E-state index contributed by atoms with van der Waals surface area (Å²) in [6, 6.07) is 7.14. The summed E-state index contributed by atoms with van der Waals surface area (Å²) in [6.45, 7) is 2.00. The Hall–Kier alpha value is -2.08. The quantitative estimate of drug-likeness (QED) is 0.648. The summed E-state index contributed by atoms with van der Waals surface area (Å²) in [5.74, 6) is 0.704. The molecule has 96 valence electrons. The van der Waals surface area contributed by atoms with Gasteiger partial charge in [-0.2, -0.15) is 0 Å². The molecule has 0 bridgehead atoms. The number of aromatic amines is 1. The Balaban J connectivity index is 2.04. The molecule has 0 saturated carbocycles. The van der Waals surface area contributed by atoms with Crippen LogP contribution in [-0.2, 0) is 0 Å². The van der Waals surface area contributed by atoms with Crippen LogP contribution in [0.2, 0.25) is 0 Å². The minimum Gasteiger partial charge on any atom is -0.395 e. The molecule has 2 aromatic rings. The maximum atomic E-state index is 11.4. The maximum absolute atomic E-state index is 11.4. The van der Waals surface area contributed by atoms with Crippen molar-refractivity contribution in [3.8, 4) is 0 Å². The van der Waals surface area contributed by atoms with E-state index in [1.165, 1.54) is 0 Å². The molecular formula is C12H16N4O2. The number of aliphatic hydroxyl groups excluding tert-OH is 1. The van der Waals surface area contributed by atoms with E-state index in [4.69, 9.17) is 5.11 Å². The van der Waals surface area contributed by atoms with Gasteiger partial charge in [-0.05, 0) is 19.1 Å². The summed E-state index contributed by atoms with van der Waals surface area (Å²) in [6.07, 6.45) is 0. The number of benzene rings is 1. The number of imidazole rings is 1. The Labute approximate surface area is 104 Å². The van der Waals surface area contributed by atoms with Crippen molar-refractivity contribution in [3.63, 3.8) is 0 Å². The molecule has 0 aliphatic carbocycles. The van der Waals surface area contributed by atoms with Gasteiger partial charge in [-0.1, -0.05) is 12.1 Å². The molecular weight excluding hydrogens is 232 g/mol. The molecule has 1 aromatic heterocycles. The average Bonchev–Trinajstić information content (AvgIpc) is 2.80. The number of carbonyl (C=O) groups excluding carboxylic acids is 1. The number of hydrogen-bond donors (Lipinski definition) is 4. The third kappa shape index (κ3) is 2.78. The topological polar surface area (TPSA) is 90.0 Å². The van der Waals surface area contributed by atoms with Crippen molar-refractivity contribution in [3.05, 3.63) is 30.1 Å². The van der Waals surface area contributed by atoms with Crippen molar-refractivity contribution in [1.29, 1.82) is 0 Å². The highest BCUT2D eigenvalue weighted by Crippen LogP contribution is 2.15. The molecule has 6 heteroatoms. The lowest BCUT2D eigenvalue weighted by Gasteiger charge is -2.11. The Morgan fingerprint density at radius 3 is 3.00 bits per heavy atom. The number of aromatic nitrogens is 2. The zero-order chi connectivity index (χ0) is 13.0. The van der Waals surface area contributed by atoms with Gasteiger partial charge in [0.25, 0.3) is 0 Å². The van der Waals surface area contributed by atoms with Crippen LogP contribution in [0.15, 0.2) is 24.3 Å². The Bertz CT molecular complexity index is 505. The molecule has 0 radical (unpaired) electrons. The van der Waals surface area contributed by atoms with Crippen molar-refractivity contribution in [2.45, 2.75) is 13.0 Å². The monoisotopic (exact) mass is 248 g/mol. The molecule has 4 N–H and O–H groups in total. The highest BCUT2D eigenvalue weighted by atomic mass is 16.3. The minimum absolute atomic E-state index is 0.0769. The highest BCUT2D eigenvalue weighted by molar-refractivity contribution is 5.76. The van der Waals surface area contributed by atoms with Crippen LogP contribution in [0.1, 0.15) is 18.8 Å². The molecule has 0 saturated heterocycles. The number of rotatable bonds is 4. The van der Waals surface area contributed by atoms with Crippen LogP contribution in [0.25, 0.3) is 11.0 Å². The summed E-state index contributed by atoms with van der Waals surface area (Å²) in [4.78, 5) is 19.0. The second-order valence-corrected chi connectivity index (χ2v) is 3.98. The number of hydrogen-bond acceptors (Lipinski definition) is 3. The number of aliphatic hydroxyl groups is 1. The van der Waals surface area contributed by atoms with E-state index >= 15 is 0 Å². The lowest BCUT2D eigenvalue weighted by Crippen LogP contribution is -2.38. The fraction of sp³-hybridized carbons (Fsp3) is 0.333. The van der Waals surface area contributed by atoms with Crippen molar-refractivity contribution in [2.75, 3.05) is 13.2 Å². The molecule has 6 nitrogen and oxygen atoms in total. The number of nitrogens with one attached hydrogen (secondary N) is 3. The van der Waals surface area contributed by atoms with E-state index in [2.05, 4.69) is 20.6 Å². The summed E-state index contributed by atoms with van der Waals surface area (Å²) in [5.41, 5.74) is 1.81. The van der Waals surface area contributed by atoms with E-state index in [1.54, 1.807) is 0 Å². The lowest BCUT2D eigenvalue weighted by atomic mass is 10.3. The predicted octanol–water partition coefficient (Wildman–Crippen LogP) is 0.915. The summed E-state index contributed by atoms with van der Waals surface area (Å²) >= 11 is 0. The largest absolute Gasteiger partial charge is 0.395 e. The van der Waals surface area contributed by atoms with Gasteiger partial charge in [0.2, 0.25) is 0 Å². The average molecular weight is 248 g/mol. The second-order valence-electron chi connectivity index (χ2n) is 3.98. The van der Waals surface area contributed by atoms with Crippen LogP contribution in [0.3, 0.4) is 0 Å². The Kier molecular flexibility index (Phi) is 3.78. The molecule has 2 rings (SSSR count). The van der Waals surface area contributed by atoms with Crippen LogP contribution in [0.5, 0.6) is 0 Å². The first-order valence-corrected chi connectivity index (χ1v) is 5.80. The number of carbonyl (C=O) groups is 1. The van der Waals surface area contributed by atoms with Crippen LogP contribution in [-0.4, -0.2) is 34.3 Å². The van der Waals surface area contributed by atoms with Gasteiger partial charge in [0, 0.05) is 6.54 Å². The van der Waals surface area contributed by atoms with Crippen LogP contribution >= 0.6 is 0 Å². The fourth-order valence-electron chi connectivity index (χ4n) is 1.66. The molecule has 0 spiro atoms. The minimum atomic E-state index is -0.322. The lowest BCUT2D eigenvalue weighted by molar-refractivity contribution is 0.231. The summed E-state index contributed by atoms with van der Waals surface area (Å²) in [5, 5.41) is 13.9. The van der Waals surface area contributed by atoms with Gasteiger partial charge in [-0.3, -0.25) is 0 Å². The van der Waals surface area contributed by atoms with Gasteiger partial charge in [0.15, 0.2) is 0 Å². The first-order valence-electron chi connectivity index (χ1n) is 5.80. The van der Waals surface area contributed by atoms with Gasteiger partial charge in [-0.15, -0.1) is 0 Å². The molecule has 0 aliphatic rings. The first kappa shape index (κ1) is 12.4. The number of fused-ring (bicyclic) bond motifs is 1. The molecule has 2 amide bonds. The van der Waals surface area contributed by atoms with Gasteiger partial charge in [0.1, 0.15) is 5.82 Å². The molecule has 1 atom stereocenters. The summed E-state index contributed by atoms with van der Waals surface area (Å²) < 4.78 is 0. The van der Waals surface area contributed by atoms with Gasteiger partial charge in [0.05, 0.1) is 23.7 Å². The van der Waals surface area contributed by atoms with Gasteiger partial charge in [-0.25, -0.2) is 9.78 Å². The summed E-state index contributed by atoms with van der Waals surface area (Å²) in [7, 11) is 0. The van der Waals surface area contributed by atoms with E-state index in [0.29, 0.717) is 5.82 Å². The second kappa shape index (κ2) is 5.50. The third-order valence-electron chi connectivity index (χ3n) is 2.56. The van der Waals surface area contributed by atoms with Crippen molar-refractivity contribution in [2.24, 2.45) is 0 Å². The van der Waals surface area contributed by atoms with Crippen molar-refractivity contribution in [1.82, 2.24) is 20.6 Å². The molecule has 0 fully saturated rings. The standard InChI is InChI=1S/C12H16N4O2/c1-8(14-12(18)13-6-7-17)11-15-9-4-2-3-5-10(9)16-11/h2-5,8,17H,6-7H2,1H3,(H,15,16)(H2,13,14,18).